The number of hydrogen-bond donors (Lipinski definition) is 0. The Bertz CT molecular complexity index is 412. The van der Waals surface area contributed by atoms with Crippen molar-refractivity contribution in [3.8, 4) is 5.75 Å². The highest BCUT2D eigenvalue weighted by atomic mass is 35.5. The summed E-state index contributed by atoms with van der Waals surface area (Å²) < 4.78 is 5.60. The lowest BCUT2D eigenvalue weighted by Gasteiger charge is -2.25. The van der Waals surface area contributed by atoms with Gasteiger partial charge in [-0.15, -0.1) is 0 Å². The molecule has 0 aromatic heterocycles. The van der Waals surface area contributed by atoms with E-state index in [0.717, 1.165) is 23.3 Å². The van der Waals surface area contributed by atoms with Crippen LogP contribution in [-0.4, -0.2) is 12.4 Å². The minimum absolute atomic E-state index is 0.0182. The second-order valence-corrected chi connectivity index (χ2v) is 4.47. The van der Waals surface area contributed by atoms with E-state index in [1.54, 1.807) is 6.92 Å². The fourth-order valence-corrected chi connectivity index (χ4v) is 2.22. The van der Waals surface area contributed by atoms with Crippen molar-refractivity contribution in [1.29, 1.82) is 0 Å². The molecule has 0 aliphatic carbocycles. The smallest absolute Gasteiger partial charge is 0.136 e. The van der Waals surface area contributed by atoms with Gasteiger partial charge in [-0.3, -0.25) is 4.79 Å². The third-order valence-corrected chi connectivity index (χ3v) is 3.00. The van der Waals surface area contributed by atoms with E-state index in [4.69, 9.17) is 16.3 Å². The van der Waals surface area contributed by atoms with Crippen molar-refractivity contribution in [1.82, 2.24) is 0 Å². The summed E-state index contributed by atoms with van der Waals surface area (Å²) in [7, 11) is 0. The van der Waals surface area contributed by atoms with Crippen molar-refractivity contribution in [2.75, 3.05) is 6.61 Å². The number of Topliss-reactive ketones (excluding diaryl/α,β-unsaturated/α-hetero) is 1. The van der Waals surface area contributed by atoms with Gasteiger partial charge >= 0.3 is 0 Å². The maximum atomic E-state index is 11.3. The lowest BCUT2D eigenvalue weighted by Crippen LogP contribution is -2.26. The molecule has 0 radical (unpaired) electrons. The lowest BCUT2D eigenvalue weighted by atomic mass is 9.92. The van der Waals surface area contributed by atoms with Gasteiger partial charge in [0.15, 0.2) is 0 Å². The normalized spacial score (nSPS) is 19.3. The second kappa shape index (κ2) is 3.86. The molecule has 2 nitrogen and oxygen atoms in total. The van der Waals surface area contributed by atoms with Crippen molar-refractivity contribution in [2.24, 2.45) is 5.92 Å². The number of halogens is 1. The van der Waals surface area contributed by atoms with E-state index < -0.39 is 0 Å². The van der Waals surface area contributed by atoms with Crippen LogP contribution in [0.2, 0.25) is 5.02 Å². The number of carbonyl (C=O) groups excluding carboxylic acids is 1. The van der Waals surface area contributed by atoms with E-state index in [1.807, 2.05) is 19.1 Å². The molecule has 1 atom stereocenters. The topological polar surface area (TPSA) is 26.3 Å². The van der Waals surface area contributed by atoms with Gasteiger partial charge < -0.3 is 4.74 Å². The molecule has 1 aliphatic heterocycles. The maximum Gasteiger partial charge on any atom is 0.136 e. The fourth-order valence-electron chi connectivity index (χ4n) is 1.93. The number of hydrogen-bond acceptors (Lipinski definition) is 2. The molecule has 0 fully saturated rings. The summed E-state index contributed by atoms with van der Waals surface area (Å²) in [6.07, 6.45) is 0.742. The molecule has 1 aromatic rings. The van der Waals surface area contributed by atoms with Crippen LogP contribution >= 0.6 is 11.6 Å². The van der Waals surface area contributed by atoms with Gasteiger partial charge in [0.05, 0.1) is 12.5 Å². The Hall–Kier alpha value is -1.02. The van der Waals surface area contributed by atoms with Crippen molar-refractivity contribution < 1.29 is 9.53 Å². The van der Waals surface area contributed by atoms with Crippen LogP contribution in [0.1, 0.15) is 18.1 Å². The van der Waals surface area contributed by atoms with Gasteiger partial charge in [0.2, 0.25) is 0 Å². The average Bonchev–Trinajstić information content (AvgIpc) is 2.16. The molecule has 1 heterocycles. The molecule has 0 saturated carbocycles. The molecular weight excluding hydrogens is 212 g/mol. The van der Waals surface area contributed by atoms with Crippen LogP contribution in [0.25, 0.3) is 0 Å². The Balaban J connectivity index is 2.37. The van der Waals surface area contributed by atoms with Crippen LogP contribution in [0.15, 0.2) is 12.1 Å². The van der Waals surface area contributed by atoms with Gasteiger partial charge in [0.1, 0.15) is 11.5 Å². The van der Waals surface area contributed by atoms with Crippen LogP contribution in [0, 0.1) is 12.8 Å². The zero-order valence-electron chi connectivity index (χ0n) is 8.84. The van der Waals surface area contributed by atoms with Crippen LogP contribution in [0.5, 0.6) is 5.75 Å². The molecule has 80 valence electrons. The first-order chi connectivity index (χ1) is 7.08. The van der Waals surface area contributed by atoms with Crippen LogP contribution < -0.4 is 4.74 Å². The number of benzene rings is 1. The largest absolute Gasteiger partial charge is 0.492 e. The third-order valence-electron chi connectivity index (χ3n) is 2.79. The predicted molar refractivity (Wildman–Crippen MR) is 59.6 cm³/mol. The number of aryl methyl sites for hydroxylation is 1. The van der Waals surface area contributed by atoms with Crippen molar-refractivity contribution in [3.05, 3.63) is 28.3 Å². The Morgan fingerprint density at radius 1 is 1.53 bits per heavy atom. The quantitative estimate of drug-likeness (QED) is 0.733. The van der Waals surface area contributed by atoms with E-state index in [1.165, 1.54) is 0 Å². The average molecular weight is 225 g/mol. The minimum Gasteiger partial charge on any atom is -0.492 e. The standard InChI is InChI=1S/C12H13ClO2/c1-7-3-11(13)5-9-4-10(8(2)14)6-15-12(7)9/h3,5,10H,4,6H2,1-2H3. The SMILES string of the molecule is CC(=O)C1COc2c(C)cc(Cl)cc2C1. The molecule has 0 amide bonds. The molecule has 0 bridgehead atoms. The van der Waals surface area contributed by atoms with Gasteiger partial charge in [0.25, 0.3) is 0 Å². The second-order valence-electron chi connectivity index (χ2n) is 4.03. The zero-order valence-corrected chi connectivity index (χ0v) is 9.60. The molecule has 15 heavy (non-hydrogen) atoms. The number of ketones is 1. The first kappa shape index (κ1) is 10.5. The summed E-state index contributed by atoms with van der Waals surface area (Å²) >= 11 is 5.97. The summed E-state index contributed by atoms with van der Waals surface area (Å²) in [5.74, 6) is 1.06. The first-order valence-electron chi connectivity index (χ1n) is 5.00. The number of rotatable bonds is 1. The molecule has 1 aromatic carbocycles. The monoisotopic (exact) mass is 224 g/mol. The molecular formula is C12H13ClO2. The maximum absolute atomic E-state index is 11.3. The summed E-state index contributed by atoms with van der Waals surface area (Å²) in [5.41, 5.74) is 2.09. The number of carbonyl (C=O) groups is 1. The predicted octanol–water partition coefficient (Wildman–Crippen LogP) is 2.79. The van der Waals surface area contributed by atoms with Crippen LogP contribution in [0.3, 0.4) is 0 Å². The molecule has 3 heteroatoms. The Labute approximate surface area is 94.2 Å². The highest BCUT2D eigenvalue weighted by molar-refractivity contribution is 6.30. The number of fused-ring (bicyclic) bond motifs is 1. The van der Waals surface area contributed by atoms with E-state index in [9.17, 15) is 4.79 Å². The molecule has 0 saturated heterocycles. The molecule has 0 N–H and O–H groups in total. The van der Waals surface area contributed by atoms with Crippen molar-refractivity contribution in [2.45, 2.75) is 20.3 Å². The lowest BCUT2D eigenvalue weighted by molar-refractivity contribution is -0.121. The van der Waals surface area contributed by atoms with Gasteiger partial charge in [-0.25, -0.2) is 0 Å². The van der Waals surface area contributed by atoms with E-state index in [-0.39, 0.29) is 11.7 Å². The van der Waals surface area contributed by atoms with E-state index >= 15 is 0 Å². The Morgan fingerprint density at radius 2 is 2.27 bits per heavy atom. The Kier molecular flexibility index (Phi) is 2.70. The fraction of sp³-hybridized carbons (Fsp3) is 0.417. The van der Waals surface area contributed by atoms with Crippen molar-refractivity contribution >= 4 is 17.4 Å². The summed E-state index contributed by atoms with van der Waals surface area (Å²) in [4.78, 5) is 11.3. The van der Waals surface area contributed by atoms with Gasteiger partial charge in [-0.2, -0.15) is 0 Å². The van der Waals surface area contributed by atoms with Gasteiger partial charge in [-0.1, -0.05) is 11.6 Å². The molecule has 0 spiro atoms. The van der Waals surface area contributed by atoms with Gasteiger partial charge in [0, 0.05) is 5.02 Å². The van der Waals surface area contributed by atoms with E-state index in [0.29, 0.717) is 11.6 Å². The van der Waals surface area contributed by atoms with Crippen LogP contribution in [0.4, 0.5) is 0 Å². The Morgan fingerprint density at radius 3 is 2.93 bits per heavy atom. The van der Waals surface area contributed by atoms with E-state index in [2.05, 4.69) is 0 Å². The highest BCUT2D eigenvalue weighted by Gasteiger charge is 2.24. The summed E-state index contributed by atoms with van der Waals surface area (Å²) in [6.45, 7) is 4.07. The minimum atomic E-state index is -0.0182. The summed E-state index contributed by atoms with van der Waals surface area (Å²) in [5, 5.41) is 0.707. The summed E-state index contributed by atoms with van der Waals surface area (Å²) in [6, 6.07) is 3.77. The molecule has 2 rings (SSSR count). The van der Waals surface area contributed by atoms with Crippen molar-refractivity contribution in [3.63, 3.8) is 0 Å². The molecule has 1 aliphatic rings. The zero-order chi connectivity index (χ0) is 11.0. The van der Waals surface area contributed by atoms with Gasteiger partial charge in [-0.05, 0) is 43.5 Å². The highest BCUT2D eigenvalue weighted by Crippen LogP contribution is 2.33. The van der Waals surface area contributed by atoms with Crippen LogP contribution in [-0.2, 0) is 11.2 Å². The number of ether oxygens (including phenoxy) is 1. The third kappa shape index (κ3) is 2.00. The molecule has 1 unspecified atom stereocenters. The first-order valence-corrected chi connectivity index (χ1v) is 5.38.